The van der Waals surface area contributed by atoms with Crippen molar-refractivity contribution in [3.05, 3.63) is 118 Å². The maximum atomic E-state index is 2.38. The summed E-state index contributed by atoms with van der Waals surface area (Å²) in [5.41, 5.74) is 10.7. The van der Waals surface area contributed by atoms with E-state index >= 15 is 0 Å². The van der Waals surface area contributed by atoms with Gasteiger partial charge < -0.3 is 0 Å². The highest BCUT2D eigenvalue weighted by Gasteiger charge is 2.43. The maximum Gasteiger partial charge on any atom is 0.0581 e. The molecule has 25 heavy (non-hydrogen) atoms. The summed E-state index contributed by atoms with van der Waals surface area (Å²) >= 11 is 0. The standard InChI is InChI=1S/C25H16/c1-3-9-19-17(7-1)15-23-21(19)11-5-13-25(23)14-6-12-22-20-10-4-2-8-18(20)16-24(22)25/h1-16H. The molecule has 4 aliphatic carbocycles. The lowest BCUT2D eigenvalue weighted by atomic mass is 9.65. The fourth-order valence-corrected chi connectivity index (χ4v) is 4.69. The zero-order valence-electron chi connectivity index (χ0n) is 13.7. The molecule has 2 aromatic rings. The van der Waals surface area contributed by atoms with E-state index in [1.165, 1.54) is 44.5 Å². The third kappa shape index (κ3) is 1.57. The van der Waals surface area contributed by atoms with Gasteiger partial charge in [-0.3, -0.25) is 0 Å². The summed E-state index contributed by atoms with van der Waals surface area (Å²) < 4.78 is 0. The molecule has 0 heteroatoms. The van der Waals surface area contributed by atoms with Gasteiger partial charge in [0.05, 0.1) is 5.41 Å². The highest BCUT2D eigenvalue weighted by atomic mass is 14.5. The van der Waals surface area contributed by atoms with Crippen LogP contribution in [0.5, 0.6) is 0 Å². The van der Waals surface area contributed by atoms with Gasteiger partial charge >= 0.3 is 0 Å². The molecule has 0 N–H and O–H groups in total. The van der Waals surface area contributed by atoms with Crippen molar-refractivity contribution in [3.63, 3.8) is 0 Å². The van der Waals surface area contributed by atoms with E-state index in [0.29, 0.717) is 0 Å². The smallest absolute Gasteiger partial charge is 0.0581 e. The van der Waals surface area contributed by atoms with Crippen molar-refractivity contribution in [1.82, 2.24) is 0 Å². The number of benzene rings is 2. The molecule has 0 bridgehead atoms. The molecule has 0 radical (unpaired) electrons. The summed E-state index contributed by atoms with van der Waals surface area (Å²) in [5.74, 6) is 0. The molecule has 0 fully saturated rings. The molecular formula is C25H16. The van der Waals surface area contributed by atoms with Crippen LogP contribution in [0.15, 0.2) is 96.1 Å². The van der Waals surface area contributed by atoms with E-state index in [1.807, 2.05) is 0 Å². The molecule has 0 nitrogen and oxygen atoms in total. The topological polar surface area (TPSA) is 0 Å². The van der Waals surface area contributed by atoms with Gasteiger partial charge in [-0.25, -0.2) is 0 Å². The normalized spacial score (nSPS) is 20.2. The van der Waals surface area contributed by atoms with Crippen LogP contribution in [-0.4, -0.2) is 0 Å². The Bertz CT molecular complexity index is 1030. The lowest BCUT2D eigenvalue weighted by molar-refractivity contribution is 0.754. The first kappa shape index (κ1) is 13.2. The molecule has 2 aromatic carbocycles. The first-order chi connectivity index (χ1) is 12.4. The lowest BCUT2D eigenvalue weighted by Crippen LogP contribution is -2.24. The average Bonchev–Trinajstić information content (AvgIpc) is 3.23. The molecule has 0 atom stereocenters. The van der Waals surface area contributed by atoms with Crippen molar-refractivity contribution in [2.24, 2.45) is 5.41 Å². The zero-order valence-corrected chi connectivity index (χ0v) is 13.7. The van der Waals surface area contributed by atoms with Crippen molar-refractivity contribution in [3.8, 4) is 0 Å². The molecule has 0 heterocycles. The maximum absolute atomic E-state index is 2.38. The van der Waals surface area contributed by atoms with Crippen molar-refractivity contribution in [2.45, 2.75) is 0 Å². The van der Waals surface area contributed by atoms with Crippen LogP contribution in [0.4, 0.5) is 0 Å². The van der Waals surface area contributed by atoms with E-state index in [0.717, 1.165) is 0 Å². The molecule has 0 aromatic heterocycles. The van der Waals surface area contributed by atoms with Crippen LogP contribution >= 0.6 is 0 Å². The minimum atomic E-state index is -0.161. The second kappa shape index (κ2) is 4.49. The Kier molecular flexibility index (Phi) is 2.37. The largest absolute Gasteiger partial charge is 0.0657 e. The van der Waals surface area contributed by atoms with Gasteiger partial charge in [-0.1, -0.05) is 85.0 Å². The van der Waals surface area contributed by atoms with Crippen LogP contribution < -0.4 is 0 Å². The lowest BCUT2D eigenvalue weighted by Gasteiger charge is -2.36. The molecule has 0 unspecified atom stereocenters. The fourth-order valence-electron chi connectivity index (χ4n) is 4.69. The van der Waals surface area contributed by atoms with Crippen molar-refractivity contribution in [2.75, 3.05) is 0 Å². The van der Waals surface area contributed by atoms with Gasteiger partial charge in [0.1, 0.15) is 0 Å². The molecule has 0 aliphatic heterocycles. The predicted octanol–water partition coefficient (Wildman–Crippen LogP) is 6.07. The number of allylic oxidation sites excluding steroid dienone is 10. The second-order valence-electron chi connectivity index (χ2n) is 7.04. The first-order valence-corrected chi connectivity index (χ1v) is 8.80. The number of rotatable bonds is 0. The van der Waals surface area contributed by atoms with Crippen LogP contribution in [0.2, 0.25) is 0 Å². The summed E-state index contributed by atoms with van der Waals surface area (Å²) in [6.45, 7) is 0. The second-order valence-corrected chi connectivity index (χ2v) is 7.04. The summed E-state index contributed by atoms with van der Waals surface area (Å²) in [6, 6.07) is 17.4. The summed E-state index contributed by atoms with van der Waals surface area (Å²) in [4.78, 5) is 0. The van der Waals surface area contributed by atoms with E-state index in [9.17, 15) is 0 Å². The van der Waals surface area contributed by atoms with Gasteiger partial charge in [0, 0.05) is 0 Å². The molecule has 4 aliphatic rings. The van der Waals surface area contributed by atoms with Gasteiger partial charge in [0.2, 0.25) is 0 Å². The van der Waals surface area contributed by atoms with E-state index in [1.54, 1.807) is 0 Å². The molecule has 116 valence electrons. The first-order valence-electron chi connectivity index (χ1n) is 8.80. The van der Waals surface area contributed by atoms with Gasteiger partial charge in [-0.15, -0.1) is 0 Å². The number of hydrogen-bond acceptors (Lipinski definition) is 0. The molecular weight excluding hydrogens is 300 g/mol. The van der Waals surface area contributed by atoms with Gasteiger partial charge in [0.25, 0.3) is 0 Å². The van der Waals surface area contributed by atoms with E-state index < -0.39 is 0 Å². The minimum Gasteiger partial charge on any atom is -0.0657 e. The van der Waals surface area contributed by atoms with Crippen LogP contribution in [0, 0.1) is 5.41 Å². The van der Waals surface area contributed by atoms with Crippen LogP contribution in [0.3, 0.4) is 0 Å². The Morgan fingerprint density at radius 3 is 1.56 bits per heavy atom. The Morgan fingerprint density at radius 2 is 1.04 bits per heavy atom. The summed E-state index contributed by atoms with van der Waals surface area (Å²) in [5, 5.41) is 0. The molecule has 0 amide bonds. The summed E-state index contributed by atoms with van der Waals surface area (Å²) in [7, 11) is 0. The third-order valence-corrected chi connectivity index (χ3v) is 5.82. The Hall–Kier alpha value is -3.12. The van der Waals surface area contributed by atoms with E-state index in [-0.39, 0.29) is 5.41 Å². The minimum absolute atomic E-state index is 0.161. The molecule has 0 saturated carbocycles. The predicted molar refractivity (Wildman–Crippen MR) is 106 cm³/mol. The van der Waals surface area contributed by atoms with Crippen LogP contribution in [-0.2, 0) is 0 Å². The Balaban J connectivity index is 1.60. The van der Waals surface area contributed by atoms with Gasteiger partial charge in [-0.05, 0) is 56.7 Å². The number of hydrogen-bond donors (Lipinski definition) is 0. The van der Waals surface area contributed by atoms with Crippen LogP contribution in [0.25, 0.3) is 23.3 Å². The van der Waals surface area contributed by atoms with Crippen molar-refractivity contribution >= 4 is 23.3 Å². The molecule has 6 rings (SSSR count). The monoisotopic (exact) mass is 316 g/mol. The van der Waals surface area contributed by atoms with Crippen molar-refractivity contribution < 1.29 is 0 Å². The highest BCUT2D eigenvalue weighted by molar-refractivity contribution is 6.05. The molecule has 0 saturated heterocycles. The average molecular weight is 316 g/mol. The Morgan fingerprint density at radius 1 is 0.560 bits per heavy atom. The van der Waals surface area contributed by atoms with E-state index in [4.69, 9.17) is 0 Å². The fraction of sp³-hybridized carbons (Fsp3) is 0.0400. The SMILES string of the molecule is C1=CC2(C=CC=C3C2=Cc2ccccc23)C2=Cc3ccccc3C2=C1. The quantitative estimate of drug-likeness (QED) is 0.553. The summed E-state index contributed by atoms with van der Waals surface area (Å²) in [6.07, 6.45) is 18.4. The Labute approximate surface area is 147 Å². The van der Waals surface area contributed by atoms with Crippen LogP contribution in [0.1, 0.15) is 22.3 Å². The van der Waals surface area contributed by atoms with Crippen molar-refractivity contribution in [1.29, 1.82) is 0 Å². The zero-order chi connectivity index (χ0) is 16.4. The number of fused-ring (bicyclic) bond motifs is 8. The highest BCUT2D eigenvalue weighted by Crippen LogP contribution is 2.58. The third-order valence-electron chi connectivity index (χ3n) is 5.82. The van der Waals surface area contributed by atoms with Gasteiger partial charge in [-0.2, -0.15) is 0 Å². The molecule has 1 spiro atoms. The van der Waals surface area contributed by atoms with Gasteiger partial charge in [0.15, 0.2) is 0 Å². The van der Waals surface area contributed by atoms with E-state index in [2.05, 4.69) is 97.1 Å².